The van der Waals surface area contributed by atoms with Crippen LogP contribution in [0.15, 0.2) is 36.5 Å². The molecule has 0 aliphatic carbocycles. The van der Waals surface area contributed by atoms with Gasteiger partial charge in [0, 0.05) is 24.0 Å². The largest absolute Gasteiger partial charge is 0.313 e. The van der Waals surface area contributed by atoms with E-state index in [1.54, 1.807) is 0 Å². The highest BCUT2D eigenvalue weighted by Crippen LogP contribution is 2.24. The van der Waals surface area contributed by atoms with E-state index >= 15 is 0 Å². The fraction of sp³-hybridized carbons (Fsp3) is 0.353. The van der Waals surface area contributed by atoms with E-state index in [4.69, 9.17) is 0 Å². The molecule has 1 heterocycles. The summed E-state index contributed by atoms with van der Waals surface area (Å²) in [6.45, 7) is 8.31. The van der Waals surface area contributed by atoms with E-state index in [2.05, 4.69) is 54.5 Å². The fourth-order valence-corrected chi connectivity index (χ4v) is 2.14. The Kier molecular flexibility index (Phi) is 4.69. The van der Waals surface area contributed by atoms with Gasteiger partial charge in [-0.2, -0.15) is 0 Å². The second kappa shape index (κ2) is 6.48. The lowest BCUT2D eigenvalue weighted by atomic mass is 9.98. The van der Waals surface area contributed by atoms with Crippen molar-refractivity contribution in [3.05, 3.63) is 53.3 Å². The quantitative estimate of drug-likeness (QED) is 0.819. The Hall–Kier alpha value is -1.67. The van der Waals surface area contributed by atoms with Crippen LogP contribution in [0.3, 0.4) is 0 Å². The molecular weight excluding hydrogens is 232 g/mol. The first kappa shape index (κ1) is 13.8. The van der Waals surface area contributed by atoms with Gasteiger partial charge >= 0.3 is 0 Å². The third-order valence-corrected chi connectivity index (χ3v) is 3.23. The molecule has 2 aromatic rings. The maximum absolute atomic E-state index is 4.40. The zero-order valence-corrected chi connectivity index (χ0v) is 12.0. The van der Waals surface area contributed by atoms with Gasteiger partial charge in [0.25, 0.3) is 0 Å². The number of hydrogen-bond donors (Lipinski definition) is 1. The first-order valence-corrected chi connectivity index (χ1v) is 6.94. The van der Waals surface area contributed by atoms with Crippen LogP contribution in [0.1, 0.15) is 30.2 Å². The molecule has 0 aliphatic heterocycles. The van der Waals surface area contributed by atoms with Crippen molar-refractivity contribution in [3.63, 3.8) is 0 Å². The van der Waals surface area contributed by atoms with Crippen LogP contribution in [0.4, 0.5) is 0 Å². The van der Waals surface area contributed by atoms with Gasteiger partial charge in [-0.1, -0.05) is 36.8 Å². The first-order valence-electron chi connectivity index (χ1n) is 6.94. The van der Waals surface area contributed by atoms with Crippen LogP contribution in [-0.4, -0.2) is 11.5 Å². The van der Waals surface area contributed by atoms with Crippen molar-refractivity contribution < 1.29 is 0 Å². The van der Waals surface area contributed by atoms with Crippen LogP contribution in [0, 0.1) is 13.8 Å². The van der Waals surface area contributed by atoms with Gasteiger partial charge in [0.2, 0.25) is 0 Å². The predicted octanol–water partition coefficient (Wildman–Crippen LogP) is 3.87. The monoisotopic (exact) mass is 254 g/mol. The Morgan fingerprint density at radius 1 is 1.11 bits per heavy atom. The van der Waals surface area contributed by atoms with Gasteiger partial charge in [-0.3, -0.25) is 4.98 Å². The highest BCUT2D eigenvalue weighted by Gasteiger charge is 2.05. The van der Waals surface area contributed by atoms with Crippen molar-refractivity contribution in [2.24, 2.45) is 0 Å². The molecule has 100 valence electrons. The zero-order valence-electron chi connectivity index (χ0n) is 12.0. The maximum Gasteiger partial charge on any atom is 0.0373 e. The van der Waals surface area contributed by atoms with Crippen molar-refractivity contribution in [1.82, 2.24) is 10.3 Å². The Labute approximate surface area is 115 Å². The number of benzene rings is 1. The standard InChI is InChI=1S/C17H22N2/c1-4-9-18-11-15-7-5-13(2)10-17(15)16-8-6-14(3)19-12-16/h5-8,10,12,18H,4,9,11H2,1-3H3. The van der Waals surface area contributed by atoms with Crippen LogP contribution in [0.2, 0.25) is 0 Å². The number of nitrogens with zero attached hydrogens (tertiary/aromatic N) is 1. The molecule has 0 radical (unpaired) electrons. The van der Waals surface area contributed by atoms with Gasteiger partial charge in [0.15, 0.2) is 0 Å². The van der Waals surface area contributed by atoms with Crippen LogP contribution in [-0.2, 0) is 6.54 Å². The van der Waals surface area contributed by atoms with Crippen LogP contribution >= 0.6 is 0 Å². The molecule has 0 fully saturated rings. The Balaban J connectivity index is 2.31. The van der Waals surface area contributed by atoms with E-state index in [9.17, 15) is 0 Å². The summed E-state index contributed by atoms with van der Waals surface area (Å²) in [7, 11) is 0. The van der Waals surface area contributed by atoms with Gasteiger partial charge in [0.05, 0.1) is 0 Å². The van der Waals surface area contributed by atoms with Crippen molar-refractivity contribution in [2.45, 2.75) is 33.7 Å². The molecule has 0 unspecified atom stereocenters. The molecule has 1 aromatic carbocycles. The number of pyridine rings is 1. The molecular formula is C17H22N2. The van der Waals surface area contributed by atoms with Gasteiger partial charge in [-0.05, 0) is 44.0 Å². The Bertz CT molecular complexity index is 529. The molecule has 2 rings (SSSR count). The van der Waals surface area contributed by atoms with E-state index in [0.29, 0.717) is 0 Å². The lowest BCUT2D eigenvalue weighted by Crippen LogP contribution is -2.14. The average molecular weight is 254 g/mol. The van der Waals surface area contributed by atoms with Crippen molar-refractivity contribution in [1.29, 1.82) is 0 Å². The summed E-state index contributed by atoms with van der Waals surface area (Å²) >= 11 is 0. The van der Waals surface area contributed by atoms with Crippen molar-refractivity contribution in [2.75, 3.05) is 6.54 Å². The lowest BCUT2D eigenvalue weighted by Gasteiger charge is -2.12. The molecule has 0 spiro atoms. The third-order valence-electron chi connectivity index (χ3n) is 3.23. The van der Waals surface area contributed by atoms with Crippen LogP contribution < -0.4 is 5.32 Å². The second-order valence-electron chi connectivity index (χ2n) is 5.03. The van der Waals surface area contributed by atoms with Gasteiger partial charge in [0.1, 0.15) is 0 Å². The second-order valence-corrected chi connectivity index (χ2v) is 5.03. The normalized spacial score (nSPS) is 10.7. The molecule has 0 amide bonds. The van der Waals surface area contributed by atoms with E-state index in [1.807, 2.05) is 13.1 Å². The molecule has 2 nitrogen and oxygen atoms in total. The summed E-state index contributed by atoms with van der Waals surface area (Å²) in [6.07, 6.45) is 3.13. The lowest BCUT2D eigenvalue weighted by molar-refractivity contribution is 0.676. The number of hydrogen-bond acceptors (Lipinski definition) is 2. The summed E-state index contributed by atoms with van der Waals surface area (Å²) in [5.41, 5.74) is 6.17. The number of nitrogens with one attached hydrogen (secondary N) is 1. The van der Waals surface area contributed by atoms with E-state index in [1.165, 1.54) is 22.3 Å². The van der Waals surface area contributed by atoms with Gasteiger partial charge in [-0.15, -0.1) is 0 Å². The van der Waals surface area contributed by atoms with Crippen LogP contribution in [0.25, 0.3) is 11.1 Å². The van der Waals surface area contributed by atoms with Crippen molar-refractivity contribution in [3.8, 4) is 11.1 Å². The highest BCUT2D eigenvalue weighted by atomic mass is 14.8. The topological polar surface area (TPSA) is 24.9 Å². The summed E-state index contributed by atoms with van der Waals surface area (Å²) in [5.74, 6) is 0. The summed E-state index contributed by atoms with van der Waals surface area (Å²) in [4.78, 5) is 4.40. The summed E-state index contributed by atoms with van der Waals surface area (Å²) in [6, 6.07) is 10.9. The van der Waals surface area contributed by atoms with E-state index < -0.39 is 0 Å². The highest BCUT2D eigenvalue weighted by molar-refractivity contribution is 5.67. The molecule has 1 N–H and O–H groups in total. The maximum atomic E-state index is 4.40. The predicted molar refractivity (Wildman–Crippen MR) is 81.1 cm³/mol. The minimum absolute atomic E-state index is 0.914. The summed E-state index contributed by atoms with van der Waals surface area (Å²) in [5, 5.41) is 3.47. The molecule has 1 aromatic heterocycles. The Morgan fingerprint density at radius 3 is 2.63 bits per heavy atom. The van der Waals surface area contributed by atoms with E-state index in [0.717, 1.165) is 25.2 Å². The number of aryl methyl sites for hydroxylation is 2. The molecule has 19 heavy (non-hydrogen) atoms. The minimum Gasteiger partial charge on any atom is -0.313 e. The third kappa shape index (κ3) is 3.65. The SMILES string of the molecule is CCCNCc1ccc(C)cc1-c1ccc(C)nc1. The van der Waals surface area contributed by atoms with Crippen molar-refractivity contribution >= 4 is 0 Å². The number of aromatic nitrogens is 1. The summed E-state index contributed by atoms with van der Waals surface area (Å²) < 4.78 is 0. The minimum atomic E-state index is 0.914. The van der Waals surface area contributed by atoms with E-state index in [-0.39, 0.29) is 0 Å². The van der Waals surface area contributed by atoms with Gasteiger partial charge in [-0.25, -0.2) is 0 Å². The first-order chi connectivity index (χ1) is 9.20. The molecule has 0 saturated heterocycles. The molecule has 2 heteroatoms. The van der Waals surface area contributed by atoms with Crippen LogP contribution in [0.5, 0.6) is 0 Å². The smallest absolute Gasteiger partial charge is 0.0373 e. The molecule has 0 aliphatic rings. The average Bonchev–Trinajstić information content (AvgIpc) is 2.41. The zero-order chi connectivity index (χ0) is 13.7. The molecule has 0 saturated carbocycles. The number of rotatable bonds is 5. The molecule has 0 bridgehead atoms. The fourth-order valence-electron chi connectivity index (χ4n) is 2.14. The van der Waals surface area contributed by atoms with Gasteiger partial charge < -0.3 is 5.32 Å². The Morgan fingerprint density at radius 2 is 1.95 bits per heavy atom. The molecule has 0 atom stereocenters.